The van der Waals surface area contributed by atoms with Gasteiger partial charge in [-0.25, -0.2) is 13.4 Å². The summed E-state index contributed by atoms with van der Waals surface area (Å²) in [7, 11) is -3.31. The van der Waals surface area contributed by atoms with Crippen molar-refractivity contribution in [2.75, 3.05) is 11.2 Å². The lowest BCUT2D eigenvalue weighted by Crippen LogP contribution is -2.52. The number of rotatable bonds is 6. The first kappa shape index (κ1) is 21.9. The van der Waals surface area contributed by atoms with Gasteiger partial charge in [0.15, 0.2) is 9.84 Å². The zero-order valence-corrected chi connectivity index (χ0v) is 19.6. The molecule has 8 heteroatoms. The molecule has 1 saturated carbocycles. The largest absolute Gasteiger partial charge is 0.399 e. The fourth-order valence-corrected chi connectivity index (χ4v) is 6.18. The normalized spacial score (nSPS) is 25.5. The Morgan fingerprint density at radius 1 is 1.18 bits per heavy atom. The van der Waals surface area contributed by atoms with Crippen LogP contribution in [0.5, 0.6) is 0 Å². The lowest BCUT2D eigenvalue weighted by Gasteiger charge is -2.40. The van der Waals surface area contributed by atoms with Gasteiger partial charge in [-0.1, -0.05) is 18.7 Å². The maximum Gasteiger partial charge on any atom is 0.230 e. The lowest BCUT2D eigenvalue weighted by atomic mass is 9.92. The monoisotopic (exact) mass is 466 g/mol. The number of anilines is 1. The van der Waals surface area contributed by atoms with E-state index in [4.69, 9.17) is 5.73 Å². The predicted octanol–water partition coefficient (Wildman–Crippen LogP) is 2.76. The number of nitrogens with two attached hydrogens (primary N) is 1. The molecule has 1 amide bonds. The van der Waals surface area contributed by atoms with E-state index in [2.05, 4.69) is 21.8 Å². The second-order valence-corrected chi connectivity index (χ2v) is 11.8. The van der Waals surface area contributed by atoms with Crippen molar-refractivity contribution in [2.45, 2.75) is 67.0 Å². The van der Waals surface area contributed by atoms with E-state index in [-0.39, 0.29) is 16.8 Å². The number of carbonyl (C=O) groups is 1. The molecular weight excluding hydrogens is 436 g/mol. The molecule has 174 valence electrons. The fourth-order valence-electron chi connectivity index (χ4n) is 5.52. The molecule has 3 fully saturated rings. The van der Waals surface area contributed by atoms with Crippen LogP contribution in [0.15, 0.2) is 54.1 Å². The Kier molecular flexibility index (Phi) is 5.23. The number of piperidine rings is 1. The Bertz CT molecular complexity index is 1190. The van der Waals surface area contributed by atoms with Gasteiger partial charge >= 0.3 is 0 Å². The summed E-state index contributed by atoms with van der Waals surface area (Å²) in [6.45, 7) is 3.76. The number of carbonyl (C=O) groups excluding carboxylic acids is 1. The summed E-state index contributed by atoms with van der Waals surface area (Å²) in [6.07, 6.45) is 8.41. The van der Waals surface area contributed by atoms with E-state index in [1.807, 2.05) is 18.2 Å². The van der Waals surface area contributed by atoms with E-state index in [1.54, 1.807) is 24.4 Å². The molecular formula is C25H30N4O3S. The summed E-state index contributed by atoms with van der Waals surface area (Å²) in [5.41, 5.74) is 7.31. The summed E-state index contributed by atoms with van der Waals surface area (Å²) in [5.74, 6) is 0.975. The molecule has 3 aliphatic rings. The second-order valence-electron chi connectivity index (χ2n) is 9.75. The standard InChI is InChI=1S/C25H30N4O3S/c1-16(26)17-6-9-23(27-15-17)29-20-7-8-21(29)14-19(13-20)28-24(30)25(10-11-25)18-4-3-5-22(12-18)33(2,31)32/h3-6,9,12,15,19-21H,1,7-8,10-11,13-14,26H2,2H3,(H,28,30). The Morgan fingerprint density at radius 3 is 2.42 bits per heavy atom. The summed E-state index contributed by atoms with van der Waals surface area (Å²) in [4.78, 5) is 20.6. The van der Waals surface area contributed by atoms with Crippen molar-refractivity contribution in [1.29, 1.82) is 0 Å². The number of aromatic nitrogens is 1. The van der Waals surface area contributed by atoms with Gasteiger partial charge in [-0.3, -0.25) is 4.79 Å². The average Bonchev–Trinajstić information content (AvgIpc) is 3.55. The van der Waals surface area contributed by atoms with Gasteiger partial charge < -0.3 is 16.0 Å². The minimum absolute atomic E-state index is 0.0231. The number of benzene rings is 1. The highest BCUT2D eigenvalue weighted by molar-refractivity contribution is 7.90. The van der Waals surface area contributed by atoms with Crippen LogP contribution >= 0.6 is 0 Å². The van der Waals surface area contributed by atoms with Crippen LogP contribution in [0.25, 0.3) is 5.70 Å². The molecule has 1 aromatic heterocycles. The van der Waals surface area contributed by atoms with E-state index in [0.29, 0.717) is 17.8 Å². The highest BCUT2D eigenvalue weighted by Crippen LogP contribution is 2.49. The maximum absolute atomic E-state index is 13.3. The van der Waals surface area contributed by atoms with Crippen LogP contribution in [0, 0.1) is 0 Å². The maximum atomic E-state index is 13.3. The number of pyridine rings is 1. The summed E-state index contributed by atoms with van der Waals surface area (Å²) in [6, 6.07) is 11.6. The molecule has 33 heavy (non-hydrogen) atoms. The topological polar surface area (TPSA) is 105 Å². The number of hydrogen-bond acceptors (Lipinski definition) is 6. The molecule has 0 radical (unpaired) electrons. The molecule has 2 saturated heterocycles. The van der Waals surface area contributed by atoms with Gasteiger partial charge in [-0.05, 0) is 68.4 Å². The number of sulfone groups is 1. The first-order valence-electron chi connectivity index (χ1n) is 11.5. The van der Waals surface area contributed by atoms with Crippen LogP contribution in [-0.2, 0) is 20.0 Å². The molecule has 3 N–H and O–H groups in total. The fraction of sp³-hybridized carbons (Fsp3) is 0.440. The van der Waals surface area contributed by atoms with Crippen LogP contribution in [0.1, 0.15) is 49.7 Å². The van der Waals surface area contributed by atoms with Crippen LogP contribution in [0.4, 0.5) is 5.82 Å². The molecule has 1 aromatic carbocycles. The summed E-state index contributed by atoms with van der Waals surface area (Å²) >= 11 is 0. The molecule has 2 atom stereocenters. The number of hydrogen-bond donors (Lipinski definition) is 2. The van der Waals surface area contributed by atoms with Gasteiger partial charge in [0.05, 0.1) is 10.3 Å². The smallest absolute Gasteiger partial charge is 0.230 e. The molecule has 1 aliphatic carbocycles. The van der Waals surface area contributed by atoms with E-state index in [9.17, 15) is 13.2 Å². The molecule has 7 nitrogen and oxygen atoms in total. The molecule has 2 aliphatic heterocycles. The summed E-state index contributed by atoms with van der Waals surface area (Å²) < 4.78 is 24.0. The summed E-state index contributed by atoms with van der Waals surface area (Å²) in [5, 5.41) is 3.31. The first-order valence-corrected chi connectivity index (χ1v) is 13.4. The third kappa shape index (κ3) is 4.01. The Hall–Kier alpha value is -2.87. The van der Waals surface area contributed by atoms with Crippen molar-refractivity contribution in [2.24, 2.45) is 5.73 Å². The van der Waals surface area contributed by atoms with Crippen molar-refractivity contribution >= 4 is 27.3 Å². The molecule has 2 bridgehead atoms. The molecule has 3 heterocycles. The van der Waals surface area contributed by atoms with E-state index in [0.717, 1.165) is 55.5 Å². The van der Waals surface area contributed by atoms with Crippen molar-refractivity contribution in [3.63, 3.8) is 0 Å². The van der Waals surface area contributed by atoms with Crippen LogP contribution in [0.3, 0.4) is 0 Å². The molecule has 2 aromatic rings. The number of nitrogens with one attached hydrogen (secondary N) is 1. The van der Waals surface area contributed by atoms with Gasteiger partial charge in [0.2, 0.25) is 5.91 Å². The van der Waals surface area contributed by atoms with E-state index in [1.165, 1.54) is 6.26 Å². The minimum Gasteiger partial charge on any atom is -0.399 e. The van der Waals surface area contributed by atoms with Gasteiger partial charge in [0.1, 0.15) is 5.82 Å². The third-order valence-electron chi connectivity index (χ3n) is 7.45. The van der Waals surface area contributed by atoms with Crippen molar-refractivity contribution in [3.8, 4) is 0 Å². The van der Waals surface area contributed by atoms with E-state index < -0.39 is 15.3 Å². The molecule has 2 unspecified atom stereocenters. The third-order valence-corrected chi connectivity index (χ3v) is 8.56. The molecule has 5 rings (SSSR count). The predicted molar refractivity (Wildman–Crippen MR) is 128 cm³/mol. The van der Waals surface area contributed by atoms with Gasteiger partial charge in [0, 0.05) is 41.8 Å². The zero-order chi connectivity index (χ0) is 23.4. The number of amides is 1. The van der Waals surface area contributed by atoms with Crippen LogP contribution in [0.2, 0.25) is 0 Å². The average molecular weight is 467 g/mol. The SMILES string of the molecule is C=C(N)c1ccc(N2C3CCC2CC(NC(=O)C2(c4cccc(S(C)(=O)=O)c4)CC2)C3)nc1. The zero-order valence-electron chi connectivity index (χ0n) is 18.8. The first-order chi connectivity index (χ1) is 15.7. The Morgan fingerprint density at radius 2 is 1.88 bits per heavy atom. The number of fused-ring (bicyclic) bond motifs is 2. The lowest BCUT2D eigenvalue weighted by molar-refractivity contribution is -0.124. The Labute approximate surface area is 195 Å². The minimum atomic E-state index is -3.31. The molecule has 0 spiro atoms. The van der Waals surface area contributed by atoms with Gasteiger partial charge in [-0.15, -0.1) is 0 Å². The van der Waals surface area contributed by atoms with Crippen molar-refractivity contribution < 1.29 is 13.2 Å². The van der Waals surface area contributed by atoms with Crippen LogP contribution < -0.4 is 16.0 Å². The van der Waals surface area contributed by atoms with Crippen molar-refractivity contribution in [3.05, 3.63) is 60.3 Å². The highest BCUT2D eigenvalue weighted by Gasteiger charge is 2.52. The second kappa shape index (κ2) is 7.87. The van der Waals surface area contributed by atoms with Crippen molar-refractivity contribution in [1.82, 2.24) is 10.3 Å². The Balaban J connectivity index is 1.28. The van der Waals surface area contributed by atoms with E-state index >= 15 is 0 Å². The quantitative estimate of drug-likeness (QED) is 0.678. The van der Waals surface area contributed by atoms with Gasteiger partial charge in [0.25, 0.3) is 0 Å². The number of nitrogens with zero attached hydrogens (tertiary/aromatic N) is 2. The van der Waals surface area contributed by atoms with Crippen LogP contribution in [-0.4, -0.2) is 43.7 Å². The van der Waals surface area contributed by atoms with Gasteiger partial charge in [-0.2, -0.15) is 0 Å². The highest BCUT2D eigenvalue weighted by atomic mass is 32.2.